The van der Waals surface area contributed by atoms with Crippen LogP contribution in [0.3, 0.4) is 0 Å². The Balaban J connectivity index is 2.21. The molecule has 0 saturated carbocycles. The van der Waals surface area contributed by atoms with Crippen LogP contribution in [0.15, 0.2) is 30.3 Å². The second-order valence-electron chi connectivity index (χ2n) is 4.36. The van der Waals surface area contributed by atoms with E-state index in [-0.39, 0.29) is 11.9 Å². The van der Waals surface area contributed by atoms with Crippen LogP contribution < -0.4 is 5.32 Å². The summed E-state index contributed by atoms with van der Waals surface area (Å²) in [5.41, 5.74) is 2.40. The molecule has 0 amide bonds. The van der Waals surface area contributed by atoms with Crippen molar-refractivity contribution in [3.05, 3.63) is 53.1 Å². The van der Waals surface area contributed by atoms with Gasteiger partial charge in [-0.2, -0.15) is 0 Å². The fourth-order valence-electron chi connectivity index (χ4n) is 1.89. The van der Waals surface area contributed by atoms with Crippen molar-refractivity contribution in [1.82, 2.24) is 9.97 Å². The van der Waals surface area contributed by atoms with E-state index in [0.29, 0.717) is 11.5 Å². The SMILES string of the molecule is Cc1cc(C)nc(NC(C)c2ccccc2F)n1. The predicted molar refractivity (Wildman–Crippen MR) is 69.9 cm³/mol. The van der Waals surface area contributed by atoms with Gasteiger partial charge < -0.3 is 5.32 Å². The Hall–Kier alpha value is -1.97. The lowest BCUT2D eigenvalue weighted by atomic mass is 10.1. The monoisotopic (exact) mass is 245 g/mol. The number of anilines is 1. The van der Waals surface area contributed by atoms with Crippen LogP contribution in [-0.4, -0.2) is 9.97 Å². The number of nitrogens with zero attached hydrogens (tertiary/aromatic N) is 2. The third-order valence-corrected chi connectivity index (χ3v) is 2.70. The predicted octanol–water partition coefficient (Wildman–Crippen LogP) is 3.41. The molecule has 1 unspecified atom stereocenters. The Morgan fingerprint density at radius 3 is 2.33 bits per heavy atom. The number of hydrogen-bond donors (Lipinski definition) is 1. The van der Waals surface area contributed by atoms with E-state index in [4.69, 9.17) is 0 Å². The molecule has 1 heterocycles. The zero-order chi connectivity index (χ0) is 13.1. The van der Waals surface area contributed by atoms with Crippen LogP contribution in [0.2, 0.25) is 0 Å². The molecule has 1 N–H and O–H groups in total. The molecule has 0 aliphatic carbocycles. The minimum atomic E-state index is -0.220. The summed E-state index contributed by atoms with van der Waals surface area (Å²) in [7, 11) is 0. The molecule has 0 bridgehead atoms. The molecule has 0 aliphatic rings. The van der Waals surface area contributed by atoms with Gasteiger partial charge in [0.2, 0.25) is 5.95 Å². The molecule has 2 aromatic rings. The molecule has 1 aromatic carbocycles. The number of halogens is 1. The summed E-state index contributed by atoms with van der Waals surface area (Å²) in [5, 5.41) is 3.12. The van der Waals surface area contributed by atoms with Crippen LogP contribution in [0.1, 0.15) is 29.9 Å². The van der Waals surface area contributed by atoms with Crippen LogP contribution in [-0.2, 0) is 0 Å². The Morgan fingerprint density at radius 1 is 1.11 bits per heavy atom. The molecule has 18 heavy (non-hydrogen) atoms. The lowest BCUT2D eigenvalue weighted by Crippen LogP contribution is -2.11. The van der Waals surface area contributed by atoms with Crippen molar-refractivity contribution >= 4 is 5.95 Å². The zero-order valence-corrected chi connectivity index (χ0v) is 10.7. The van der Waals surface area contributed by atoms with Gasteiger partial charge in [-0.15, -0.1) is 0 Å². The average Bonchev–Trinajstić information content (AvgIpc) is 2.27. The quantitative estimate of drug-likeness (QED) is 0.900. The first-order chi connectivity index (χ1) is 8.56. The highest BCUT2D eigenvalue weighted by molar-refractivity contribution is 5.33. The van der Waals surface area contributed by atoms with E-state index in [0.717, 1.165) is 11.4 Å². The standard InChI is InChI=1S/C14H16FN3/c1-9-8-10(2)17-14(16-9)18-11(3)12-6-4-5-7-13(12)15/h4-8,11H,1-3H3,(H,16,17,18). The van der Waals surface area contributed by atoms with E-state index >= 15 is 0 Å². The van der Waals surface area contributed by atoms with Gasteiger partial charge in [0, 0.05) is 17.0 Å². The van der Waals surface area contributed by atoms with Crippen LogP contribution in [0.5, 0.6) is 0 Å². The summed E-state index contributed by atoms with van der Waals surface area (Å²) in [6.07, 6.45) is 0. The lowest BCUT2D eigenvalue weighted by Gasteiger charge is -2.15. The number of benzene rings is 1. The molecule has 94 valence electrons. The van der Waals surface area contributed by atoms with Crippen molar-refractivity contribution in [2.75, 3.05) is 5.32 Å². The van der Waals surface area contributed by atoms with Crippen LogP contribution in [0.25, 0.3) is 0 Å². The Bertz CT molecular complexity index is 534. The van der Waals surface area contributed by atoms with Crippen molar-refractivity contribution in [3.63, 3.8) is 0 Å². The number of hydrogen-bond acceptors (Lipinski definition) is 3. The van der Waals surface area contributed by atoms with Crippen molar-refractivity contribution in [1.29, 1.82) is 0 Å². The maximum atomic E-state index is 13.6. The molecule has 1 aromatic heterocycles. The molecule has 0 saturated heterocycles. The summed E-state index contributed by atoms with van der Waals surface area (Å²) in [5.74, 6) is 0.310. The highest BCUT2D eigenvalue weighted by atomic mass is 19.1. The van der Waals surface area contributed by atoms with Gasteiger partial charge in [-0.1, -0.05) is 18.2 Å². The molecule has 1 atom stereocenters. The Morgan fingerprint density at radius 2 is 1.72 bits per heavy atom. The number of aryl methyl sites for hydroxylation is 2. The molecular weight excluding hydrogens is 229 g/mol. The van der Waals surface area contributed by atoms with Gasteiger partial charge in [0.05, 0.1) is 6.04 Å². The molecule has 0 aliphatic heterocycles. The van der Waals surface area contributed by atoms with Gasteiger partial charge in [-0.3, -0.25) is 0 Å². The smallest absolute Gasteiger partial charge is 0.223 e. The Labute approximate surface area is 106 Å². The minimum Gasteiger partial charge on any atom is -0.348 e. The minimum absolute atomic E-state index is 0.174. The first kappa shape index (κ1) is 12.5. The third-order valence-electron chi connectivity index (χ3n) is 2.70. The fourth-order valence-corrected chi connectivity index (χ4v) is 1.89. The van der Waals surface area contributed by atoms with Crippen molar-refractivity contribution in [2.24, 2.45) is 0 Å². The van der Waals surface area contributed by atoms with Gasteiger partial charge in [-0.25, -0.2) is 14.4 Å². The first-order valence-corrected chi connectivity index (χ1v) is 5.89. The van der Waals surface area contributed by atoms with E-state index in [1.165, 1.54) is 6.07 Å². The van der Waals surface area contributed by atoms with E-state index in [2.05, 4.69) is 15.3 Å². The molecule has 3 nitrogen and oxygen atoms in total. The van der Waals surface area contributed by atoms with Crippen LogP contribution >= 0.6 is 0 Å². The first-order valence-electron chi connectivity index (χ1n) is 5.89. The lowest BCUT2D eigenvalue weighted by molar-refractivity contribution is 0.599. The molecule has 0 spiro atoms. The number of rotatable bonds is 3. The van der Waals surface area contributed by atoms with Gasteiger partial charge in [0.1, 0.15) is 5.82 Å². The van der Waals surface area contributed by atoms with Crippen LogP contribution in [0, 0.1) is 19.7 Å². The summed E-state index contributed by atoms with van der Waals surface area (Å²) < 4.78 is 13.6. The Kier molecular flexibility index (Phi) is 3.55. The summed E-state index contributed by atoms with van der Waals surface area (Å²) in [6.45, 7) is 5.71. The highest BCUT2D eigenvalue weighted by Crippen LogP contribution is 2.19. The van der Waals surface area contributed by atoms with Crippen molar-refractivity contribution in [3.8, 4) is 0 Å². The maximum Gasteiger partial charge on any atom is 0.223 e. The van der Waals surface area contributed by atoms with Gasteiger partial charge in [0.25, 0.3) is 0 Å². The summed E-state index contributed by atoms with van der Waals surface area (Å²) >= 11 is 0. The van der Waals surface area contributed by atoms with E-state index < -0.39 is 0 Å². The average molecular weight is 245 g/mol. The molecule has 0 fully saturated rings. The van der Waals surface area contributed by atoms with Crippen LogP contribution in [0.4, 0.5) is 10.3 Å². The summed E-state index contributed by atoms with van der Waals surface area (Å²) in [6, 6.07) is 8.44. The number of nitrogens with one attached hydrogen (secondary N) is 1. The van der Waals surface area contributed by atoms with Gasteiger partial charge in [-0.05, 0) is 32.9 Å². The summed E-state index contributed by atoms with van der Waals surface area (Å²) in [4.78, 5) is 8.57. The fraction of sp³-hybridized carbons (Fsp3) is 0.286. The number of aromatic nitrogens is 2. The molecule has 0 radical (unpaired) electrons. The molecule has 4 heteroatoms. The zero-order valence-electron chi connectivity index (χ0n) is 10.7. The second kappa shape index (κ2) is 5.12. The normalized spacial score (nSPS) is 12.2. The van der Waals surface area contributed by atoms with Crippen molar-refractivity contribution in [2.45, 2.75) is 26.8 Å². The largest absolute Gasteiger partial charge is 0.348 e. The third kappa shape index (κ3) is 2.83. The highest BCUT2D eigenvalue weighted by Gasteiger charge is 2.11. The topological polar surface area (TPSA) is 37.8 Å². The van der Waals surface area contributed by atoms with E-state index in [1.54, 1.807) is 12.1 Å². The van der Waals surface area contributed by atoms with Gasteiger partial charge in [0.15, 0.2) is 0 Å². The molecule has 2 rings (SSSR count). The van der Waals surface area contributed by atoms with Crippen molar-refractivity contribution < 1.29 is 4.39 Å². The maximum absolute atomic E-state index is 13.6. The van der Waals surface area contributed by atoms with E-state index in [1.807, 2.05) is 32.9 Å². The molecular formula is C14H16FN3. The second-order valence-corrected chi connectivity index (χ2v) is 4.36. The van der Waals surface area contributed by atoms with Gasteiger partial charge >= 0.3 is 0 Å². The van der Waals surface area contributed by atoms with E-state index in [9.17, 15) is 4.39 Å².